The Morgan fingerprint density at radius 2 is 1.55 bits per heavy atom. The summed E-state index contributed by atoms with van der Waals surface area (Å²) in [5, 5.41) is 12.2. The Bertz CT molecular complexity index is 1210. The first kappa shape index (κ1) is 30.3. The summed E-state index contributed by atoms with van der Waals surface area (Å²) in [5.74, 6) is -3.23. The lowest BCUT2D eigenvalue weighted by molar-refractivity contribution is -0.192. The SMILES string of the molecule is NCCC[C@@H](N)C(=O)N(CCc1ccccc1)CC(=O)Nc1ccc2ccccc2c1.O=C(O)C(F)(F)F. The van der Waals surface area contributed by atoms with Gasteiger partial charge in [0.2, 0.25) is 11.8 Å². The lowest BCUT2D eigenvalue weighted by Crippen LogP contribution is -2.47. The molecule has 0 fully saturated rings. The average molecular weight is 533 g/mol. The molecule has 0 spiro atoms. The summed E-state index contributed by atoms with van der Waals surface area (Å²) in [6, 6.07) is 22.9. The van der Waals surface area contributed by atoms with Gasteiger partial charge in [0, 0.05) is 12.2 Å². The standard InChI is InChI=1S/C25H30N4O2.C2HF3O2/c26-15-6-11-23(27)25(31)29(16-14-19-7-2-1-3-8-19)18-24(30)28-22-13-12-20-9-4-5-10-21(20)17-22;3-2(4,5)1(6)7/h1-5,7-10,12-13,17,23H,6,11,14-16,18,26-27H2,(H,28,30);(H,6,7)/t23-;/m1./s1. The number of fused-ring (bicyclic) bond motifs is 1. The lowest BCUT2D eigenvalue weighted by atomic mass is 10.1. The lowest BCUT2D eigenvalue weighted by Gasteiger charge is -2.25. The molecule has 0 bridgehead atoms. The summed E-state index contributed by atoms with van der Waals surface area (Å²) < 4.78 is 31.7. The van der Waals surface area contributed by atoms with Gasteiger partial charge in [0.15, 0.2) is 0 Å². The van der Waals surface area contributed by atoms with Crippen LogP contribution < -0.4 is 16.8 Å². The number of carbonyl (C=O) groups is 3. The number of carboxylic acid groups (broad SMARTS) is 1. The second-order valence-electron chi connectivity index (χ2n) is 8.45. The van der Waals surface area contributed by atoms with Crippen LogP contribution in [0.25, 0.3) is 10.8 Å². The van der Waals surface area contributed by atoms with Crippen molar-refractivity contribution in [3.63, 3.8) is 0 Å². The molecular formula is C27H31F3N4O4. The van der Waals surface area contributed by atoms with E-state index in [2.05, 4.69) is 5.32 Å². The van der Waals surface area contributed by atoms with Crippen LogP contribution in [-0.4, -0.2) is 59.6 Å². The summed E-state index contributed by atoms with van der Waals surface area (Å²) in [6.45, 7) is 0.854. The zero-order valence-electron chi connectivity index (χ0n) is 20.7. The number of hydrogen-bond donors (Lipinski definition) is 4. The number of alkyl halides is 3. The van der Waals surface area contributed by atoms with Gasteiger partial charge in [0.05, 0.1) is 12.6 Å². The highest BCUT2D eigenvalue weighted by Crippen LogP contribution is 2.19. The maximum atomic E-state index is 12.9. The maximum absolute atomic E-state index is 12.9. The van der Waals surface area contributed by atoms with E-state index < -0.39 is 18.2 Å². The monoisotopic (exact) mass is 532 g/mol. The molecule has 0 unspecified atom stereocenters. The third-order valence-electron chi connectivity index (χ3n) is 5.47. The summed E-state index contributed by atoms with van der Waals surface area (Å²) in [7, 11) is 0. The summed E-state index contributed by atoms with van der Waals surface area (Å²) in [6.07, 6.45) is -3.26. The number of amides is 2. The van der Waals surface area contributed by atoms with Crippen molar-refractivity contribution in [3.8, 4) is 0 Å². The van der Waals surface area contributed by atoms with Crippen LogP contribution in [0.4, 0.5) is 18.9 Å². The van der Waals surface area contributed by atoms with Gasteiger partial charge < -0.3 is 26.8 Å². The molecule has 1 atom stereocenters. The number of halogens is 3. The number of rotatable bonds is 10. The molecule has 11 heteroatoms. The average Bonchev–Trinajstić information content (AvgIpc) is 2.89. The molecule has 2 amide bonds. The smallest absolute Gasteiger partial charge is 0.475 e. The van der Waals surface area contributed by atoms with Crippen molar-refractivity contribution in [3.05, 3.63) is 78.4 Å². The van der Waals surface area contributed by atoms with Gasteiger partial charge in [-0.3, -0.25) is 9.59 Å². The van der Waals surface area contributed by atoms with Gasteiger partial charge in [-0.15, -0.1) is 0 Å². The number of nitrogens with zero attached hydrogens (tertiary/aromatic N) is 1. The van der Waals surface area contributed by atoms with Crippen LogP contribution in [0.2, 0.25) is 0 Å². The van der Waals surface area contributed by atoms with Crippen LogP contribution in [0, 0.1) is 0 Å². The molecule has 0 heterocycles. The van der Waals surface area contributed by atoms with Gasteiger partial charge in [-0.05, 0) is 54.3 Å². The zero-order chi connectivity index (χ0) is 28.1. The Kier molecular flexibility index (Phi) is 11.7. The molecule has 204 valence electrons. The van der Waals surface area contributed by atoms with E-state index in [0.29, 0.717) is 38.0 Å². The van der Waals surface area contributed by atoms with Crippen LogP contribution in [0.1, 0.15) is 18.4 Å². The van der Waals surface area contributed by atoms with E-state index >= 15 is 0 Å². The minimum absolute atomic E-state index is 0.0468. The van der Waals surface area contributed by atoms with Crippen molar-refractivity contribution in [2.45, 2.75) is 31.5 Å². The van der Waals surface area contributed by atoms with E-state index in [1.807, 2.05) is 72.8 Å². The Balaban J connectivity index is 0.000000638. The predicted octanol–water partition coefficient (Wildman–Crippen LogP) is 3.55. The Morgan fingerprint density at radius 3 is 2.16 bits per heavy atom. The van der Waals surface area contributed by atoms with Crippen molar-refractivity contribution in [1.82, 2.24) is 4.90 Å². The Hall–Kier alpha value is -3.96. The third kappa shape index (κ3) is 10.2. The fourth-order valence-electron chi connectivity index (χ4n) is 3.51. The molecule has 3 aromatic carbocycles. The van der Waals surface area contributed by atoms with E-state index in [-0.39, 0.29) is 18.4 Å². The van der Waals surface area contributed by atoms with Crippen LogP contribution >= 0.6 is 0 Å². The molecule has 0 aliphatic rings. The van der Waals surface area contributed by atoms with Crippen LogP contribution in [0.3, 0.4) is 0 Å². The van der Waals surface area contributed by atoms with Crippen LogP contribution in [0.15, 0.2) is 72.8 Å². The largest absolute Gasteiger partial charge is 0.490 e. The highest BCUT2D eigenvalue weighted by Gasteiger charge is 2.38. The summed E-state index contributed by atoms with van der Waals surface area (Å²) in [5.41, 5.74) is 13.4. The van der Waals surface area contributed by atoms with E-state index in [9.17, 15) is 22.8 Å². The van der Waals surface area contributed by atoms with Gasteiger partial charge in [-0.1, -0.05) is 60.7 Å². The molecule has 3 rings (SSSR count). The van der Waals surface area contributed by atoms with Crippen LogP contribution in [0.5, 0.6) is 0 Å². The number of nitrogens with one attached hydrogen (secondary N) is 1. The van der Waals surface area contributed by atoms with E-state index in [0.717, 1.165) is 16.3 Å². The first-order chi connectivity index (χ1) is 18.0. The fourth-order valence-corrected chi connectivity index (χ4v) is 3.51. The molecule has 3 aromatic rings. The molecule has 38 heavy (non-hydrogen) atoms. The Morgan fingerprint density at radius 1 is 0.947 bits per heavy atom. The second-order valence-corrected chi connectivity index (χ2v) is 8.45. The summed E-state index contributed by atoms with van der Waals surface area (Å²) in [4.78, 5) is 36.1. The first-order valence-corrected chi connectivity index (χ1v) is 11.9. The number of nitrogens with two attached hydrogens (primary N) is 2. The minimum atomic E-state index is -5.08. The van der Waals surface area contributed by atoms with Crippen molar-refractivity contribution < 1.29 is 32.7 Å². The van der Waals surface area contributed by atoms with Gasteiger partial charge in [0.1, 0.15) is 0 Å². The second kappa shape index (κ2) is 14.7. The van der Waals surface area contributed by atoms with Crippen molar-refractivity contribution >= 4 is 34.2 Å². The van der Waals surface area contributed by atoms with Crippen molar-refractivity contribution in [2.24, 2.45) is 11.5 Å². The van der Waals surface area contributed by atoms with E-state index in [1.54, 1.807) is 4.90 Å². The molecule has 0 saturated carbocycles. The number of benzene rings is 3. The molecule has 0 aromatic heterocycles. The molecule has 0 saturated heterocycles. The minimum Gasteiger partial charge on any atom is -0.475 e. The molecule has 0 aliphatic heterocycles. The quantitative estimate of drug-likeness (QED) is 0.315. The number of anilines is 1. The van der Waals surface area contributed by atoms with Gasteiger partial charge in [-0.25, -0.2) is 4.79 Å². The van der Waals surface area contributed by atoms with E-state index in [4.69, 9.17) is 21.4 Å². The van der Waals surface area contributed by atoms with Crippen LogP contribution in [-0.2, 0) is 20.8 Å². The first-order valence-electron chi connectivity index (χ1n) is 11.9. The fraction of sp³-hybridized carbons (Fsp3) is 0.296. The number of carboxylic acids is 1. The summed E-state index contributed by atoms with van der Waals surface area (Å²) >= 11 is 0. The van der Waals surface area contributed by atoms with E-state index in [1.165, 1.54) is 0 Å². The highest BCUT2D eigenvalue weighted by atomic mass is 19.4. The predicted molar refractivity (Wildman–Crippen MR) is 139 cm³/mol. The molecule has 8 nitrogen and oxygen atoms in total. The number of carbonyl (C=O) groups excluding carboxylic acids is 2. The third-order valence-corrected chi connectivity index (χ3v) is 5.47. The molecular weight excluding hydrogens is 501 g/mol. The zero-order valence-corrected chi connectivity index (χ0v) is 20.7. The van der Waals surface area contributed by atoms with Gasteiger partial charge >= 0.3 is 12.1 Å². The van der Waals surface area contributed by atoms with Crippen molar-refractivity contribution in [2.75, 3.05) is 25.0 Å². The van der Waals surface area contributed by atoms with Crippen molar-refractivity contribution in [1.29, 1.82) is 0 Å². The Labute approximate surface area is 218 Å². The topological polar surface area (TPSA) is 139 Å². The molecule has 6 N–H and O–H groups in total. The number of hydrogen-bond acceptors (Lipinski definition) is 5. The molecule has 0 aliphatic carbocycles. The number of aliphatic carboxylic acids is 1. The molecule has 0 radical (unpaired) electrons. The normalized spacial score (nSPS) is 11.7. The highest BCUT2D eigenvalue weighted by molar-refractivity contribution is 5.97. The van der Waals surface area contributed by atoms with Gasteiger partial charge in [0.25, 0.3) is 0 Å². The maximum Gasteiger partial charge on any atom is 0.490 e. The van der Waals surface area contributed by atoms with Gasteiger partial charge in [-0.2, -0.15) is 13.2 Å².